The lowest BCUT2D eigenvalue weighted by atomic mass is 9.97. The molecule has 1 aromatic carbocycles. The number of piperidine rings is 1. The van der Waals surface area contributed by atoms with Crippen molar-refractivity contribution in [2.45, 2.75) is 38.5 Å². The van der Waals surface area contributed by atoms with E-state index in [1.807, 2.05) is 52.2 Å². The SMILES string of the molecule is CCc1nccn1-c1ccc(C(=O)N2CCC[C@@H](c3ncc(Cc4ccccc4)o3)C2)cn1. The second kappa shape index (κ2) is 9.40. The van der Waals surface area contributed by atoms with Crippen LogP contribution in [0.15, 0.2) is 71.7 Å². The third-order valence-corrected chi connectivity index (χ3v) is 6.13. The van der Waals surface area contributed by atoms with E-state index in [0.29, 0.717) is 12.1 Å². The number of hydrogen-bond donors (Lipinski definition) is 0. The van der Waals surface area contributed by atoms with Crippen LogP contribution in [0.5, 0.6) is 0 Å². The molecule has 7 heteroatoms. The third-order valence-electron chi connectivity index (χ3n) is 6.13. The Morgan fingerprint density at radius 1 is 1.09 bits per heavy atom. The zero-order valence-corrected chi connectivity index (χ0v) is 18.7. The van der Waals surface area contributed by atoms with Gasteiger partial charge in [0.25, 0.3) is 5.91 Å². The van der Waals surface area contributed by atoms with Gasteiger partial charge in [0.05, 0.1) is 17.7 Å². The Labute approximate surface area is 193 Å². The van der Waals surface area contributed by atoms with Crippen molar-refractivity contribution in [2.75, 3.05) is 13.1 Å². The van der Waals surface area contributed by atoms with Crippen LogP contribution < -0.4 is 0 Å². The molecule has 0 saturated carbocycles. The van der Waals surface area contributed by atoms with Crippen molar-refractivity contribution in [1.29, 1.82) is 0 Å². The largest absolute Gasteiger partial charge is 0.445 e. The molecule has 4 aromatic rings. The Balaban J connectivity index is 1.26. The van der Waals surface area contributed by atoms with Gasteiger partial charge in [-0.2, -0.15) is 0 Å². The molecule has 0 N–H and O–H groups in total. The number of aryl methyl sites for hydroxylation is 1. The first-order valence-electron chi connectivity index (χ1n) is 11.5. The number of oxazole rings is 1. The van der Waals surface area contributed by atoms with E-state index >= 15 is 0 Å². The van der Waals surface area contributed by atoms with E-state index in [1.165, 1.54) is 5.56 Å². The molecule has 168 valence electrons. The molecule has 4 heterocycles. The number of hydrogen-bond acceptors (Lipinski definition) is 5. The third kappa shape index (κ3) is 4.58. The minimum Gasteiger partial charge on any atom is -0.445 e. The number of pyridine rings is 1. The first-order chi connectivity index (χ1) is 16.2. The molecule has 1 atom stereocenters. The van der Waals surface area contributed by atoms with Gasteiger partial charge in [0.15, 0.2) is 5.89 Å². The van der Waals surface area contributed by atoms with Gasteiger partial charge in [0.2, 0.25) is 0 Å². The van der Waals surface area contributed by atoms with Gasteiger partial charge in [-0.15, -0.1) is 0 Å². The topological polar surface area (TPSA) is 77.0 Å². The van der Waals surface area contributed by atoms with Crippen LogP contribution >= 0.6 is 0 Å². The van der Waals surface area contributed by atoms with Crippen molar-refractivity contribution in [3.05, 3.63) is 95.9 Å². The van der Waals surface area contributed by atoms with Gasteiger partial charge < -0.3 is 9.32 Å². The molecule has 33 heavy (non-hydrogen) atoms. The molecule has 0 aliphatic carbocycles. The summed E-state index contributed by atoms with van der Waals surface area (Å²) in [6.45, 7) is 3.39. The summed E-state index contributed by atoms with van der Waals surface area (Å²) >= 11 is 0. The number of benzene rings is 1. The van der Waals surface area contributed by atoms with Crippen molar-refractivity contribution in [3.8, 4) is 5.82 Å². The molecule has 0 radical (unpaired) electrons. The quantitative estimate of drug-likeness (QED) is 0.442. The molecule has 0 unspecified atom stereocenters. The number of carbonyl (C=O) groups excluding carboxylic acids is 1. The summed E-state index contributed by atoms with van der Waals surface area (Å²) in [5, 5.41) is 0. The van der Waals surface area contributed by atoms with E-state index < -0.39 is 0 Å². The van der Waals surface area contributed by atoms with E-state index in [9.17, 15) is 4.79 Å². The highest BCUT2D eigenvalue weighted by molar-refractivity contribution is 5.94. The van der Waals surface area contributed by atoms with Crippen molar-refractivity contribution in [3.63, 3.8) is 0 Å². The van der Waals surface area contributed by atoms with Crippen LogP contribution in [0.25, 0.3) is 5.82 Å². The smallest absolute Gasteiger partial charge is 0.255 e. The molecule has 0 spiro atoms. The minimum atomic E-state index is -0.00355. The van der Waals surface area contributed by atoms with E-state index in [0.717, 1.165) is 55.5 Å². The van der Waals surface area contributed by atoms with Gasteiger partial charge in [-0.25, -0.2) is 15.0 Å². The van der Waals surface area contributed by atoms with Gasteiger partial charge in [0.1, 0.15) is 17.4 Å². The molecule has 1 aliphatic heterocycles. The fraction of sp³-hybridized carbons (Fsp3) is 0.308. The lowest BCUT2D eigenvalue weighted by Crippen LogP contribution is -2.39. The minimum absolute atomic E-state index is 0.00355. The number of amides is 1. The molecule has 1 saturated heterocycles. The number of nitrogens with zero attached hydrogens (tertiary/aromatic N) is 5. The van der Waals surface area contributed by atoms with Crippen molar-refractivity contribution < 1.29 is 9.21 Å². The first-order valence-corrected chi connectivity index (χ1v) is 11.5. The zero-order valence-electron chi connectivity index (χ0n) is 18.7. The van der Waals surface area contributed by atoms with Gasteiger partial charge in [0, 0.05) is 44.5 Å². The predicted molar refractivity (Wildman–Crippen MR) is 124 cm³/mol. The zero-order chi connectivity index (χ0) is 22.6. The highest BCUT2D eigenvalue weighted by Crippen LogP contribution is 2.28. The second-order valence-electron chi connectivity index (χ2n) is 8.39. The van der Waals surface area contributed by atoms with Crippen molar-refractivity contribution >= 4 is 5.91 Å². The maximum Gasteiger partial charge on any atom is 0.255 e. The standard InChI is InChI=1S/C26H27N5O2/c1-2-23-27-12-14-31(23)24-11-10-20(16-28-24)26(32)30-13-6-9-21(18-30)25-29-17-22(33-25)15-19-7-4-3-5-8-19/h3-5,7-8,10-12,14,16-17,21H,2,6,9,13,15,18H2,1H3/t21-/m1/s1. The summed E-state index contributed by atoms with van der Waals surface area (Å²) in [4.78, 5) is 28.4. The summed E-state index contributed by atoms with van der Waals surface area (Å²) in [5.41, 5.74) is 1.79. The van der Waals surface area contributed by atoms with Gasteiger partial charge in [-0.3, -0.25) is 9.36 Å². The second-order valence-corrected chi connectivity index (χ2v) is 8.39. The Bertz CT molecular complexity index is 1210. The first kappa shape index (κ1) is 21.1. The van der Waals surface area contributed by atoms with Gasteiger partial charge >= 0.3 is 0 Å². The van der Waals surface area contributed by atoms with Gasteiger partial charge in [-0.1, -0.05) is 37.3 Å². The molecule has 5 rings (SSSR count). The van der Waals surface area contributed by atoms with Crippen LogP contribution in [-0.2, 0) is 12.8 Å². The normalized spacial score (nSPS) is 16.2. The fourth-order valence-corrected chi connectivity index (χ4v) is 4.40. The molecule has 7 nitrogen and oxygen atoms in total. The number of likely N-dealkylation sites (tertiary alicyclic amines) is 1. The van der Waals surface area contributed by atoms with Gasteiger partial charge in [-0.05, 0) is 30.5 Å². The highest BCUT2D eigenvalue weighted by atomic mass is 16.4. The summed E-state index contributed by atoms with van der Waals surface area (Å²) in [7, 11) is 0. The number of carbonyl (C=O) groups is 1. The average Bonchev–Trinajstić information content (AvgIpc) is 3.54. The molecule has 1 amide bonds. The number of aromatic nitrogens is 4. The molecule has 0 bridgehead atoms. The summed E-state index contributed by atoms with van der Waals surface area (Å²) < 4.78 is 8.01. The number of imidazole rings is 1. The van der Waals surface area contributed by atoms with Crippen LogP contribution in [0.2, 0.25) is 0 Å². The summed E-state index contributed by atoms with van der Waals surface area (Å²) in [5.74, 6) is 3.39. The van der Waals surface area contributed by atoms with Crippen molar-refractivity contribution in [2.24, 2.45) is 0 Å². The van der Waals surface area contributed by atoms with Crippen LogP contribution in [0.1, 0.15) is 59.1 Å². The predicted octanol–water partition coefficient (Wildman–Crippen LogP) is 4.43. The van der Waals surface area contributed by atoms with Crippen LogP contribution in [0, 0.1) is 0 Å². The van der Waals surface area contributed by atoms with E-state index in [1.54, 1.807) is 12.4 Å². The van der Waals surface area contributed by atoms with Crippen LogP contribution in [-0.4, -0.2) is 43.4 Å². The van der Waals surface area contributed by atoms with E-state index in [4.69, 9.17) is 4.42 Å². The highest BCUT2D eigenvalue weighted by Gasteiger charge is 2.28. The fourth-order valence-electron chi connectivity index (χ4n) is 4.40. The Hall–Kier alpha value is -3.74. The average molecular weight is 442 g/mol. The maximum absolute atomic E-state index is 13.2. The van der Waals surface area contributed by atoms with E-state index in [2.05, 4.69) is 34.0 Å². The molecular formula is C26H27N5O2. The molecular weight excluding hydrogens is 414 g/mol. The lowest BCUT2D eigenvalue weighted by molar-refractivity contribution is 0.0697. The summed E-state index contributed by atoms with van der Waals surface area (Å²) in [6, 6.07) is 13.9. The summed E-state index contributed by atoms with van der Waals surface area (Å²) in [6.07, 6.45) is 10.5. The Kier molecular flexibility index (Phi) is 6.02. The molecule has 1 fully saturated rings. The van der Waals surface area contributed by atoms with E-state index in [-0.39, 0.29) is 11.8 Å². The molecule has 1 aliphatic rings. The number of rotatable bonds is 6. The molecule has 3 aromatic heterocycles. The lowest BCUT2D eigenvalue weighted by Gasteiger charge is -2.31. The van der Waals surface area contributed by atoms with Crippen LogP contribution in [0.3, 0.4) is 0 Å². The Morgan fingerprint density at radius 2 is 1.97 bits per heavy atom. The maximum atomic E-state index is 13.2. The van der Waals surface area contributed by atoms with Crippen molar-refractivity contribution in [1.82, 2.24) is 24.4 Å². The Morgan fingerprint density at radius 3 is 2.76 bits per heavy atom. The van der Waals surface area contributed by atoms with Crippen LogP contribution in [0.4, 0.5) is 0 Å². The monoisotopic (exact) mass is 441 g/mol.